The molecule has 6 nitrogen and oxygen atoms in total. The number of ether oxygens (including phenoxy) is 1. The fourth-order valence-corrected chi connectivity index (χ4v) is 3.37. The van der Waals surface area contributed by atoms with Gasteiger partial charge in [0.25, 0.3) is 5.91 Å². The zero-order chi connectivity index (χ0) is 22.3. The van der Waals surface area contributed by atoms with Crippen molar-refractivity contribution in [2.45, 2.75) is 18.9 Å². The molecule has 7 heteroatoms. The Bertz CT molecular complexity index is 1150. The molecule has 0 aromatic heterocycles. The van der Waals surface area contributed by atoms with E-state index in [9.17, 15) is 14.0 Å². The molecule has 0 spiro atoms. The van der Waals surface area contributed by atoms with Crippen LogP contribution < -0.4 is 5.32 Å². The lowest BCUT2D eigenvalue weighted by molar-refractivity contribution is -0.157. The number of nitrogens with one attached hydrogen (secondary N) is 1. The Kier molecular flexibility index (Phi) is 6.55. The number of amides is 1. The monoisotopic (exact) mass is 432 g/mol. The summed E-state index contributed by atoms with van der Waals surface area (Å²) in [4.78, 5) is 29.8. The quantitative estimate of drug-likeness (QED) is 0.571. The third kappa shape index (κ3) is 5.37. The first kappa shape index (κ1) is 21.2. The minimum Gasteiger partial charge on any atom is -0.453 e. The summed E-state index contributed by atoms with van der Waals surface area (Å²) in [6.07, 6.45) is -0.164. The van der Waals surface area contributed by atoms with Crippen molar-refractivity contribution in [3.63, 3.8) is 0 Å². The van der Waals surface area contributed by atoms with E-state index in [1.807, 2.05) is 48.5 Å². The van der Waals surface area contributed by atoms with E-state index in [2.05, 4.69) is 10.5 Å². The molecule has 3 aromatic rings. The second kappa shape index (κ2) is 9.87. The minimum atomic E-state index is -0.966. The Morgan fingerprint density at radius 2 is 1.81 bits per heavy atom. The highest BCUT2D eigenvalue weighted by atomic mass is 19.1. The Hall–Kier alpha value is -4.00. The molecule has 1 aliphatic rings. The highest BCUT2D eigenvalue weighted by Crippen LogP contribution is 2.20. The molecule has 1 unspecified atom stereocenters. The number of benzene rings is 3. The fraction of sp³-hybridized carbons (Fsp3) is 0.160. The average molecular weight is 432 g/mol. The first-order chi connectivity index (χ1) is 15.6. The van der Waals surface area contributed by atoms with Gasteiger partial charge in [-0.3, -0.25) is 4.79 Å². The number of oxime groups is 1. The summed E-state index contributed by atoms with van der Waals surface area (Å²) in [6, 6.07) is 23.3. The molecule has 0 fully saturated rings. The molecule has 0 bridgehead atoms. The lowest BCUT2D eigenvalue weighted by atomic mass is 10.0. The van der Waals surface area contributed by atoms with E-state index >= 15 is 0 Å². The first-order valence-electron chi connectivity index (χ1n) is 10.2. The number of nitrogens with zero attached hydrogens (tertiary/aromatic N) is 1. The van der Waals surface area contributed by atoms with E-state index in [-0.39, 0.29) is 6.42 Å². The minimum absolute atomic E-state index is 0.143. The van der Waals surface area contributed by atoms with Gasteiger partial charge in [0.05, 0.1) is 5.71 Å². The van der Waals surface area contributed by atoms with Gasteiger partial charge in [0.1, 0.15) is 5.82 Å². The van der Waals surface area contributed by atoms with Crippen LogP contribution in [0.25, 0.3) is 0 Å². The van der Waals surface area contributed by atoms with Gasteiger partial charge in [0, 0.05) is 17.7 Å². The highest BCUT2D eigenvalue weighted by Gasteiger charge is 2.30. The summed E-state index contributed by atoms with van der Waals surface area (Å²) in [7, 11) is 0. The molecule has 1 atom stereocenters. The standard InChI is InChI=1S/C25H21FN2O4/c26-20-11-6-10-19(14-20)22-15-23(32-28-22)25(30)31-16-24(29)27-21-12-5-4-9-18(21)13-17-7-2-1-3-8-17/h1-12,14,23H,13,15-16H2,(H,27,29). The lowest BCUT2D eigenvalue weighted by Crippen LogP contribution is -2.28. The summed E-state index contributed by atoms with van der Waals surface area (Å²) >= 11 is 0. The topological polar surface area (TPSA) is 77.0 Å². The normalized spacial score (nSPS) is 14.9. The number of hydrogen-bond donors (Lipinski definition) is 1. The zero-order valence-corrected chi connectivity index (χ0v) is 17.2. The van der Waals surface area contributed by atoms with Crippen molar-refractivity contribution in [3.05, 3.63) is 101 Å². The van der Waals surface area contributed by atoms with E-state index in [1.165, 1.54) is 12.1 Å². The van der Waals surface area contributed by atoms with Crippen LogP contribution in [-0.4, -0.2) is 30.3 Å². The number of carbonyl (C=O) groups is 2. The second-order valence-corrected chi connectivity index (χ2v) is 7.32. The third-order valence-electron chi connectivity index (χ3n) is 4.96. The van der Waals surface area contributed by atoms with Gasteiger partial charge in [-0.15, -0.1) is 0 Å². The first-order valence-corrected chi connectivity index (χ1v) is 10.2. The van der Waals surface area contributed by atoms with Gasteiger partial charge >= 0.3 is 5.97 Å². The van der Waals surface area contributed by atoms with Crippen molar-refractivity contribution in [2.75, 3.05) is 11.9 Å². The average Bonchev–Trinajstić information content (AvgIpc) is 3.30. The second-order valence-electron chi connectivity index (χ2n) is 7.32. The number of hydrogen-bond acceptors (Lipinski definition) is 5. The Balaban J connectivity index is 1.29. The van der Waals surface area contributed by atoms with Crippen LogP contribution in [0.5, 0.6) is 0 Å². The van der Waals surface area contributed by atoms with E-state index < -0.39 is 30.4 Å². The molecule has 4 rings (SSSR count). The summed E-state index contributed by atoms with van der Waals surface area (Å²) in [6.45, 7) is -0.451. The van der Waals surface area contributed by atoms with Crippen molar-refractivity contribution >= 4 is 23.3 Å². The maximum Gasteiger partial charge on any atom is 0.351 e. The van der Waals surface area contributed by atoms with Crippen molar-refractivity contribution in [3.8, 4) is 0 Å². The van der Waals surface area contributed by atoms with E-state index in [0.717, 1.165) is 11.1 Å². The van der Waals surface area contributed by atoms with Crippen LogP contribution in [0.3, 0.4) is 0 Å². The molecule has 32 heavy (non-hydrogen) atoms. The number of halogens is 1. The van der Waals surface area contributed by atoms with Crippen molar-refractivity contribution < 1.29 is 23.6 Å². The van der Waals surface area contributed by atoms with E-state index in [1.54, 1.807) is 18.2 Å². The predicted molar refractivity (Wildman–Crippen MR) is 118 cm³/mol. The smallest absolute Gasteiger partial charge is 0.351 e. The van der Waals surface area contributed by atoms with E-state index in [0.29, 0.717) is 23.4 Å². The predicted octanol–water partition coefficient (Wildman–Crippen LogP) is 4.09. The Morgan fingerprint density at radius 3 is 2.62 bits per heavy atom. The van der Waals surface area contributed by atoms with Crippen LogP contribution >= 0.6 is 0 Å². The number of para-hydroxylation sites is 1. The molecule has 1 aliphatic heterocycles. The summed E-state index contributed by atoms with van der Waals surface area (Å²) in [5.74, 6) is -1.56. The zero-order valence-electron chi connectivity index (χ0n) is 17.2. The van der Waals surface area contributed by atoms with Crippen LogP contribution in [-0.2, 0) is 25.6 Å². The SMILES string of the molecule is O=C(COC(=O)C1CC(c2cccc(F)c2)=NO1)Nc1ccccc1Cc1ccccc1. The number of rotatable bonds is 7. The summed E-state index contributed by atoms with van der Waals surface area (Å²) in [5.41, 5.74) is 3.71. The summed E-state index contributed by atoms with van der Waals surface area (Å²) in [5, 5.41) is 6.63. The molecular weight excluding hydrogens is 411 g/mol. The molecular formula is C25H21FN2O4. The third-order valence-corrected chi connectivity index (χ3v) is 4.96. The van der Waals surface area contributed by atoms with Crippen molar-refractivity contribution in [1.29, 1.82) is 0 Å². The number of esters is 1. The maximum atomic E-state index is 13.4. The van der Waals surface area contributed by atoms with Gasteiger partial charge < -0.3 is 14.9 Å². The van der Waals surface area contributed by atoms with Gasteiger partial charge in [0.15, 0.2) is 6.61 Å². The van der Waals surface area contributed by atoms with Crippen LogP contribution in [0.15, 0.2) is 84.0 Å². The number of anilines is 1. The van der Waals surface area contributed by atoms with E-state index in [4.69, 9.17) is 9.57 Å². The van der Waals surface area contributed by atoms with Crippen LogP contribution in [0.1, 0.15) is 23.1 Å². The molecule has 162 valence electrons. The highest BCUT2D eigenvalue weighted by molar-refractivity contribution is 6.03. The largest absolute Gasteiger partial charge is 0.453 e. The molecule has 3 aromatic carbocycles. The molecule has 0 radical (unpaired) electrons. The molecule has 0 aliphatic carbocycles. The van der Waals surface area contributed by atoms with Gasteiger partial charge in [-0.25, -0.2) is 9.18 Å². The number of carbonyl (C=O) groups excluding carboxylic acids is 2. The van der Waals surface area contributed by atoms with Gasteiger partial charge in [-0.2, -0.15) is 0 Å². The lowest BCUT2D eigenvalue weighted by Gasteiger charge is -2.12. The van der Waals surface area contributed by atoms with Crippen molar-refractivity contribution in [2.24, 2.45) is 5.16 Å². The van der Waals surface area contributed by atoms with Crippen LogP contribution in [0.4, 0.5) is 10.1 Å². The fourth-order valence-electron chi connectivity index (χ4n) is 3.37. The van der Waals surface area contributed by atoms with Gasteiger partial charge in [0.2, 0.25) is 6.10 Å². The maximum absolute atomic E-state index is 13.4. The van der Waals surface area contributed by atoms with Crippen LogP contribution in [0, 0.1) is 5.82 Å². The Morgan fingerprint density at radius 1 is 1.03 bits per heavy atom. The summed E-state index contributed by atoms with van der Waals surface area (Å²) < 4.78 is 18.5. The van der Waals surface area contributed by atoms with Crippen LogP contribution in [0.2, 0.25) is 0 Å². The molecule has 1 heterocycles. The van der Waals surface area contributed by atoms with Gasteiger partial charge in [-0.1, -0.05) is 65.8 Å². The van der Waals surface area contributed by atoms with Gasteiger partial charge in [-0.05, 0) is 35.7 Å². The molecule has 1 amide bonds. The van der Waals surface area contributed by atoms with Crippen molar-refractivity contribution in [1.82, 2.24) is 0 Å². The Labute approximate surface area is 184 Å². The molecule has 0 saturated carbocycles. The molecule has 0 saturated heterocycles. The molecule has 1 N–H and O–H groups in total.